The van der Waals surface area contributed by atoms with Gasteiger partial charge in [0.1, 0.15) is 24.4 Å². The number of ether oxygens (including phenoxy) is 3. The summed E-state index contributed by atoms with van der Waals surface area (Å²) in [5.74, 6) is -0.195. The van der Waals surface area contributed by atoms with Crippen molar-refractivity contribution in [1.82, 2.24) is 5.32 Å². The number of hydrogen-bond acceptors (Lipinski definition) is 10. The Labute approximate surface area is 509 Å². The molecule has 6 N–H and O–H groups in total. The summed E-state index contributed by atoms with van der Waals surface area (Å²) < 4.78 is 16.7. The lowest BCUT2D eigenvalue weighted by atomic mass is 9.99. The van der Waals surface area contributed by atoms with Gasteiger partial charge in [0.05, 0.1) is 32.0 Å². The summed E-state index contributed by atoms with van der Waals surface area (Å²) in [6, 6.07) is -0.826. The van der Waals surface area contributed by atoms with Crippen molar-refractivity contribution < 1.29 is 49.3 Å². The molecule has 1 aliphatic heterocycles. The summed E-state index contributed by atoms with van der Waals surface area (Å²) in [5.41, 5.74) is 0. The maximum absolute atomic E-state index is 13.0. The van der Waals surface area contributed by atoms with Gasteiger partial charge in [0.25, 0.3) is 0 Å². The predicted molar refractivity (Wildman–Crippen MR) is 347 cm³/mol. The molecule has 7 unspecified atom stereocenters. The lowest BCUT2D eigenvalue weighted by Crippen LogP contribution is -2.60. The Bertz CT molecular complexity index is 1560. The highest BCUT2D eigenvalue weighted by molar-refractivity contribution is 5.76. The lowest BCUT2D eigenvalue weighted by Gasteiger charge is -2.40. The third-order valence-electron chi connectivity index (χ3n) is 16.3. The maximum Gasteiger partial charge on any atom is 0.305 e. The molecule has 1 amide bonds. The molecule has 1 fully saturated rings. The van der Waals surface area contributed by atoms with Crippen LogP contribution in [0.4, 0.5) is 0 Å². The molecule has 0 aromatic carbocycles. The number of rotatable bonds is 61. The van der Waals surface area contributed by atoms with Crippen LogP contribution in [0.1, 0.15) is 322 Å². The molecule has 0 aromatic rings. The molecule has 11 nitrogen and oxygen atoms in total. The van der Waals surface area contributed by atoms with Crippen molar-refractivity contribution >= 4 is 11.9 Å². The second kappa shape index (κ2) is 61.0. The van der Waals surface area contributed by atoms with Crippen molar-refractivity contribution in [2.75, 3.05) is 19.8 Å². The van der Waals surface area contributed by atoms with Crippen LogP contribution < -0.4 is 5.32 Å². The number of aliphatic hydroxyl groups excluding tert-OH is 5. The van der Waals surface area contributed by atoms with E-state index in [0.717, 1.165) is 64.2 Å². The number of hydrogen-bond donors (Lipinski definition) is 6. The van der Waals surface area contributed by atoms with Gasteiger partial charge in [-0.3, -0.25) is 9.59 Å². The molecule has 11 heteroatoms. The zero-order valence-electron chi connectivity index (χ0n) is 53.7. The Morgan fingerprint density at radius 1 is 0.446 bits per heavy atom. The van der Waals surface area contributed by atoms with Gasteiger partial charge in [-0.25, -0.2) is 0 Å². The molecule has 1 saturated heterocycles. The number of esters is 1. The van der Waals surface area contributed by atoms with E-state index in [0.29, 0.717) is 19.4 Å². The summed E-state index contributed by atoms with van der Waals surface area (Å²) in [6.07, 6.45) is 70.9. The second-order valence-corrected chi connectivity index (χ2v) is 24.2. The van der Waals surface area contributed by atoms with Crippen LogP contribution in [-0.4, -0.2) is 100 Å². The average Bonchev–Trinajstić information content (AvgIpc) is 3.69. The Hall–Kier alpha value is -2.64. The third-order valence-corrected chi connectivity index (χ3v) is 16.3. The van der Waals surface area contributed by atoms with Crippen LogP contribution in [0.2, 0.25) is 0 Å². The number of nitrogens with one attached hydrogen (secondary N) is 1. The van der Waals surface area contributed by atoms with Crippen molar-refractivity contribution in [3.05, 3.63) is 60.8 Å². The average molecular weight is 1170 g/mol. The first kappa shape index (κ1) is 78.4. The maximum atomic E-state index is 13.0. The smallest absolute Gasteiger partial charge is 0.305 e. The molecule has 7 atom stereocenters. The van der Waals surface area contributed by atoms with E-state index in [9.17, 15) is 35.1 Å². The van der Waals surface area contributed by atoms with Gasteiger partial charge in [-0.2, -0.15) is 0 Å². The van der Waals surface area contributed by atoms with Crippen molar-refractivity contribution in [2.24, 2.45) is 0 Å². The molecule has 0 aromatic heterocycles. The Kier molecular flexibility index (Phi) is 57.6. The molecule has 0 spiro atoms. The van der Waals surface area contributed by atoms with E-state index in [1.54, 1.807) is 6.08 Å². The number of allylic oxidation sites excluding steroid dienone is 9. The number of unbranched alkanes of at least 4 members (excludes halogenated alkanes) is 39. The van der Waals surface area contributed by atoms with Crippen molar-refractivity contribution in [3.8, 4) is 0 Å². The third kappa shape index (κ3) is 50.1. The van der Waals surface area contributed by atoms with Crippen LogP contribution >= 0.6 is 0 Å². The zero-order valence-corrected chi connectivity index (χ0v) is 53.7. The van der Waals surface area contributed by atoms with Crippen molar-refractivity contribution in [3.63, 3.8) is 0 Å². The summed E-state index contributed by atoms with van der Waals surface area (Å²) in [5, 5.41) is 54.3. The van der Waals surface area contributed by atoms with E-state index in [4.69, 9.17) is 14.2 Å². The fraction of sp³-hybridized carbons (Fsp3) is 0.833. The number of carbonyl (C=O) groups excluding carboxylic acids is 2. The number of aliphatic hydroxyl groups is 5. The molecule has 1 heterocycles. The van der Waals surface area contributed by atoms with Gasteiger partial charge < -0.3 is 45.1 Å². The van der Waals surface area contributed by atoms with Gasteiger partial charge in [-0.05, 0) is 103 Å². The van der Waals surface area contributed by atoms with Gasteiger partial charge >= 0.3 is 5.97 Å². The molecular weight excluding hydrogens is 1040 g/mol. The fourth-order valence-corrected chi connectivity index (χ4v) is 10.8. The highest BCUT2D eigenvalue weighted by Gasteiger charge is 2.44. The fourth-order valence-electron chi connectivity index (χ4n) is 10.8. The number of carbonyl (C=O) groups is 2. The van der Waals surface area contributed by atoms with Gasteiger partial charge in [0, 0.05) is 12.8 Å². The molecule has 0 aliphatic carbocycles. The molecule has 484 valence electrons. The highest BCUT2D eigenvalue weighted by atomic mass is 16.7. The minimum absolute atomic E-state index is 0.00380. The van der Waals surface area contributed by atoms with E-state index in [1.165, 1.54) is 231 Å². The van der Waals surface area contributed by atoms with Crippen molar-refractivity contribution in [1.29, 1.82) is 0 Å². The molecule has 0 saturated carbocycles. The lowest BCUT2D eigenvalue weighted by molar-refractivity contribution is -0.302. The van der Waals surface area contributed by atoms with Gasteiger partial charge in [-0.15, -0.1) is 0 Å². The predicted octanol–water partition coefficient (Wildman–Crippen LogP) is 17.7. The number of amides is 1. The van der Waals surface area contributed by atoms with Gasteiger partial charge in [-0.1, -0.05) is 267 Å². The highest BCUT2D eigenvalue weighted by Crippen LogP contribution is 2.23. The Morgan fingerprint density at radius 3 is 1.29 bits per heavy atom. The summed E-state index contributed by atoms with van der Waals surface area (Å²) in [4.78, 5) is 25.0. The van der Waals surface area contributed by atoms with E-state index < -0.39 is 49.5 Å². The SMILES string of the molecule is CCCCC/C=C\CCCCCCCC(=O)OCCCCCCCCCCC/C=C\C/C=C\CCCCCCCCCCCCCCCCCCCC(=O)NC(COC1OC(CO)C(O)C(O)C1O)C(O)/C=C/CC/C=C/CCCCCC. The largest absolute Gasteiger partial charge is 0.466 e. The van der Waals surface area contributed by atoms with Crippen LogP contribution in [0.15, 0.2) is 60.8 Å². The summed E-state index contributed by atoms with van der Waals surface area (Å²) >= 11 is 0. The van der Waals surface area contributed by atoms with Crippen LogP contribution in [0.5, 0.6) is 0 Å². The molecular formula is C72H131NO10. The van der Waals surface area contributed by atoms with E-state index in [1.807, 2.05) is 6.08 Å². The van der Waals surface area contributed by atoms with E-state index >= 15 is 0 Å². The van der Waals surface area contributed by atoms with E-state index in [-0.39, 0.29) is 18.5 Å². The molecule has 1 aliphatic rings. The van der Waals surface area contributed by atoms with Crippen molar-refractivity contribution in [2.45, 2.75) is 365 Å². The first-order valence-electron chi connectivity index (χ1n) is 35.1. The summed E-state index contributed by atoms with van der Waals surface area (Å²) in [7, 11) is 0. The summed E-state index contributed by atoms with van der Waals surface area (Å²) in [6.45, 7) is 4.28. The molecule has 83 heavy (non-hydrogen) atoms. The second-order valence-electron chi connectivity index (χ2n) is 24.2. The van der Waals surface area contributed by atoms with Gasteiger partial charge in [0.15, 0.2) is 6.29 Å². The first-order valence-corrected chi connectivity index (χ1v) is 35.1. The monoisotopic (exact) mass is 1170 g/mol. The van der Waals surface area contributed by atoms with E-state index in [2.05, 4.69) is 67.8 Å². The molecule has 0 bridgehead atoms. The van der Waals surface area contributed by atoms with Crippen LogP contribution in [-0.2, 0) is 23.8 Å². The van der Waals surface area contributed by atoms with Crippen LogP contribution in [0, 0.1) is 0 Å². The first-order chi connectivity index (χ1) is 40.7. The van der Waals surface area contributed by atoms with Gasteiger partial charge in [0.2, 0.25) is 5.91 Å². The minimum atomic E-state index is -1.58. The molecule has 0 radical (unpaired) electrons. The standard InChI is InChI=1S/C72H131NO10/c1-3-5-7-9-11-13-15-40-44-48-52-56-60-68(77)81-61-57-53-49-45-41-38-36-34-32-30-28-26-24-22-20-18-16-17-19-21-23-25-27-29-31-33-35-37-39-43-47-51-55-59-67(76)73-64(63-82-72-71(80)70(79)69(78)66(62-74)83-72)65(75)58-54-50-46-42-14-12-10-8-6-4-2/h11,13-14,20,22,26,28,42,54,58,64-66,69-72,74-75,78-80H,3-10,12,15-19,21,23-25,27,29-41,43-53,55-57,59-63H2,1-2H3,(H,73,76)/b13-11-,22-20-,28-26-,42-14+,58-54+. The quantitative estimate of drug-likeness (QED) is 0.0195. The van der Waals surface area contributed by atoms with Crippen LogP contribution in [0.3, 0.4) is 0 Å². The molecule has 1 rings (SSSR count). The Balaban J connectivity index is 1.94. The normalized spacial score (nSPS) is 18.5. The topological polar surface area (TPSA) is 175 Å². The minimum Gasteiger partial charge on any atom is -0.466 e. The van der Waals surface area contributed by atoms with Crippen LogP contribution in [0.25, 0.3) is 0 Å². The zero-order chi connectivity index (χ0) is 60.2. The Morgan fingerprint density at radius 2 is 0.819 bits per heavy atom.